The molecular formula is C47H77F3N16O11. The van der Waals surface area contributed by atoms with Crippen LogP contribution in [0.25, 0.3) is 0 Å². The molecule has 1 aromatic rings. The van der Waals surface area contributed by atoms with Crippen LogP contribution in [0.2, 0.25) is 0 Å². The minimum Gasteiger partial charge on any atom is -0.477 e. The molecule has 30 heteroatoms. The molecule has 432 valence electrons. The predicted molar refractivity (Wildman–Crippen MR) is 274 cm³/mol. The monoisotopic (exact) mass is 1100 g/mol. The number of hydrogen-bond donors (Lipinski definition) is 17. The predicted octanol–water partition coefficient (Wildman–Crippen LogP) is -4.60. The number of guanidine groups is 1. The number of nitrogens with one attached hydrogen (secondary N) is 9. The third-order valence-electron chi connectivity index (χ3n) is 12.1. The van der Waals surface area contributed by atoms with Crippen LogP contribution >= 0.6 is 0 Å². The summed E-state index contributed by atoms with van der Waals surface area (Å²) in [7, 11) is 0. The van der Waals surface area contributed by atoms with Crippen molar-refractivity contribution in [3.63, 3.8) is 0 Å². The first-order chi connectivity index (χ1) is 36.4. The topological polar surface area (TPSA) is 474 Å². The van der Waals surface area contributed by atoms with E-state index in [9.17, 15) is 66.5 Å². The van der Waals surface area contributed by atoms with Crippen LogP contribution in [0.15, 0.2) is 36.0 Å². The molecule has 1 aromatic carbocycles. The standard InChI is InChI=1S/C47H77F3N16O11/c1-26(60-43(74)37(35(67)24-54)65-39(70)29(55)12-2-4-17-51)38(69)59-25-36(68)61-31(14-7-19-53)44(75)66-21-9-16-34(66)42(73)64-33(23-27-10-6-11-28(22-27)47(48,49)50)41(72)62-30(13-3-5-18-52)40(71)63-32(45(76)77)15-8-20-58-46(56)57/h6,10-11,15,22,26,29-31,33-35,37,67H,2-5,7-9,12-14,16-21,23-25,51-55H2,1H3,(H,59,69)(H,60,74)(H,61,68)(H,62,72)(H,63,71)(H,64,73)(H,65,70)(H,76,77)(H4,56,57,58)/b32-15-/t26-,29-,30-,31+,33-,34-,35?,37-/m0/s1. The van der Waals surface area contributed by atoms with Crippen LogP contribution in [0, 0.1) is 5.41 Å². The number of aliphatic hydroxyl groups is 1. The second-order valence-electron chi connectivity index (χ2n) is 18.2. The van der Waals surface area contributed by atoms with Crippen LogP contribution in [0.1, 0.15) is 88.7 Å². The molecule has 0 spiro atoms. The van der Waals surface area contributed by atoms with Gasteiger partial charge in [-0.3, -0.25) is 43.8 Å². The molecule has 1 aliphatic heterocycles. The lowest BCUT2D eigenvalue weighted by Crippen LogP contribution is -2.60. The summed E-state index contributed by atoms with van der Waals surface area (Å²) >= 11 is 0. The zero-order valence-corrected chi connectivity index (χ0v) is 43.1. The molecular weight excluding hydrogens is 1020 g/mol. The van der Waals surface area contributed by atoms with Gasteiger partial charge in [-0.05, 0) is 102 Å². The van der Waals surface area contributed by atoms with Gasteiger partial charge >= 0.3 is 12.1 Å². The first kappa shape index (κ1) is 66.1. The Morgan fingerprint density at radius 3 is 2.05 bits per heavy atom. The fourth-order valence-corrected chi connectivity index (χ4v) is 7.85. The van der Waals surface area contributed by atoms with Crippen molar-refractivity contribution in [1.29, 1.82) is 5.41 Å². The van der Waals surface area contributed by atoms with Crippen molar-refractivity contribution >= 4 is 59.2 Å². The number of benzene rings is 1. The summed E-state index contributed by atoms with van der Waals surface area (Å²) in [5.74, 6) is -9.14. The molecule has 8 amide bonds. The number of amides is 8. The lowest BCUT2D eigenvalue weighted by atomic mass is 10.0. The van der Waals surface area contributed by atoms with Gasteiger partial charge in [0.2, 0.25) is 47.3 Å². The Kier molecular flexibility index (Phi) is 29.1. The number of carbonyl (C=O) groups excluding carboxylic acids is 8. The highest BCUT2D eigenvalue weighted by molar-refractivity contribution is 5.99. The van der Waals surface area contributed by atoms with Crippen LogP contribution < -0.4 is 76.9 Å². The smallest absolute Gasteiger partial charge is 0.416 e. The summed E-state index contributed by atoms with van der Waals surface area (Å²) in [5, 5.41) is 46.7. The average molecular weight is 1100 g/mol. The van der Waals surface area contributed by atoms with Gasteiger partial charge in [0.05, 0.1) is 24.3 Å². The van der Waals surface area contributed by atoms with Crippen molar-refractivity contribution in [2.24, 2.45) is 34.4 Å². The number of nitrogens with zero attached hydrogens (tertiary/aromatic N) is 1. The van der Waals surface area contributed by atoms with Crippen molar-refractivity contribution in [1.82, 2.24) is 47.4 Å². The molecule has 2 rings (SSSR count). The number of carboxylic acid groups (broad SMARTS) is 1. The van der Waals surface area contributed by atoms with E-state index in [0.29, 0.717) is 25.8 Å². The number of likely N-dealkylation sites (tertiary alicyclic amines) is 1. The second kappa shape index (κ2) is 33.9. The molecule has 23 N–H and O–H groups in total. The van der Waals surface area contributed by atoms with Gasteiger partial charge in [-0.15, -0.1) is 0 Å². The largest absolute Gasteiger partial charge is 0.477 e. The van der Waals surface area contributed by atoms with E-state index in [4.69, 9.17) is 39.8 Å². The first-order valence-electron chi connectivity index (χ1n) is 25.2. The summed E-state index contributed by atoms with van der Waals surface area (Å²) in [4.78, 5) is 122. The molecule has 0 saturated carbocycles. The van der Waals surface area contributed by atoms with E-state index in [1.165, 1.54) is 13.0 Å². The number of halogens is 3. The molecule has 77 heavy (non-hydrogen) atoms. The zero-order chi connectivity index (χ0) is 57.8. The van der Waals surface area contributed by atoms with Gasteiger partial charge in [-0.2, -0.15) is 13.2 Å². The zero-order valence-electron chi connectivity index (χ0n) is 43.1. The number of alkyl halides is 3. The number of unbranched alkanes of at least 4 members (excludes halogenated alkanes) is 2. The van der Waals surface area contributed by atoms with Crippen molar-refractivity contribution in [3.8, 4) is 0 Å². The highest BCUT2D eigenvalue weighted by atomic mass is 19.4. The number of aliphatic carboxylic acids is 1. The highest BCUT2D eigenvalue weighted by Gasteiger charge is 2.40. The Morgan fingerprint density at radius 2 is 1.44 bits per heavy atom. The average Bonchev–Trinajstić information content (AvgIpc) is 3.88. The van der Waals surface area contributed by atoms with Crippen LogP contribution in [0.5, 0.6) is 0 Å². The minimum absolute atomic E-state index is 0.000620. The SMILES string of the molecule is C[C@H](NC(=O)[C@@H](NC(=O)[C@@H](N)CCCCN)C(O)CN)C(=O)NCC(=O)N[C@H](CCCN)C(=O)N1CCC[C@H]1C(=O)N[C@@H](Cc1cccc(C(F)(F)F)c1)C(=O)N[C@@H](CCCCN)C(=O)N/C(=C\CCNC(=N)N)C(=O)O. The Bertz CT molecular complexity index is 2210. The van der Waals surface area contributed by atoms with Crippen molar-refractivity contribution < 1.29 is 66.5 Å². The van der Waals surface area contributed by atoms with Gasteiger partial charge in [0, 0.05) is 26.1 Å². The summed E-state index contributed by atoms with van der Waals surface area (Å²) < 4.78 is 41.5. The van der Waals surface area contributed by atoms with E-state index in [-0.39, 0.29) is 89.1 Å². The number of aliphatic hydroxyl groups excluding tert-OH is 1. The summed E-state index contributed by atoms with van der Waals surface area (Å²) in [6.45, 7) is 0.747. The maximum Gasteiger partial charge on any atom is 0.416 e. The molecule has 1 aliphatic rings. The van der Waals surface area contributed by atoms with E-state index in [1.807, 2.05) is 0 Å². The van der Waals surface area contributed by atoms with Gasteiger partial charge in [0.1, 0.15) is 41.9 Å². The molecule has 1 saturated heterocycles. The van der Waals surface area contributed by atoms with Crippen LogP contribution in [0.3, 0.4) is 0 Å². The maximum atomic E-state index is 14.2. The number of rotatable bonds is 34. The Hall–Kier alpha value is -6.99. The lowest BCUT2D eigenvalue weighted by molar-refractivity contribution is -0.142. The summed E-state index contributed by atoms with van der Waals surface area (Å²) in [6, 6.07) is -5.77. The molecule has 0 radical (unpaired) electrons. The Morgan fingerprint density at radius 1 is 0.792 bits per heavy atom. The van der Waals surface area contributed by atoms with Gasteiger partial charge in [0.15, 0.2) is 5.96 Å². The Balaban J connectivity index is 2.32. The number of hydrogen-bond acceptors (Lipinski definition) is 16. The van der Waals surface area contributed by atoms with Gasteiger partial charge in [-0.1, -0.05) is 30.7 Å². The molecule has 0 aliphatic carbocycles. The first-order valence-corrected chi connectivity index (χ1v) is 25.2. The van der Waals surface area contributed by atoms with Gasteiger partial charge in [-0.25, -0.2) is 4.79 Å². The van der Waals surface area contributed by atoms with Crippen molar-refractivity contribution in [2.75, 3.05) is 45.8 Å². The molecule has 27 nitrogen and oxygen atoms in total. The molecule has 0 aromatic heterocycles. The van der Waals surface area contributed by atoms with Crippen LogP contribution in [-0.2, 0) is 55.7 Å². The number of carboxylic acids is 1. The van der Waals surface area contributed by atoms with Crippen LogP contribution in [0.4, 0.5) is 13.2 Å². The van der Waals surface area contributed by atoms with Crippen LogP contribution in [-0.4, -0.2) is 169 Å². The minimum atomic E-state index is -4.79. The highest BCUT2D eigenvalue weighted by Crippen LogP contribution is 2.30. The fourth-order valence-electron chi connectivity index (χ4n) is 7.85. The molecule has 1 unspecified atom stereocenters. The summed E-state index contributed by atoms with van der Waals surface area (Å²) in [5.41, 5.74) is 31.9. The normalized spacial score (nSPS) is 16.3. The maximum absolute atomic E-state index is 14.2. The molecule has 1 fully saturated rings. The molecule has 0 bridgehead atoms. The summed E-state index contributed by atoms with van der Waals surface area (Å²) in [6.07, 6.45) is -3.42. The van der Waals surface area contributed by atoms with Gasteiger partial charge in [0.25, 0.3) is 0 Å². The van der Waals surface area contributed by atoms with Crippen molar-refractivity contribution in [3.05, 3.63) is 47.2 Å². The quantitative estimate of drug-likeness (QED) is 0.0134. The molecule has 8 atom stereocenters. The Labute approximate surface area is 443 Å². The second-order valence-corrected chi connectivity index (χ2v) is 18.2. The third kappa shape index (κ3) is 23.4. The fraction of sp³-hybridized carbons (Fsp3) is 0.617. The number of nitrogens with two attached hydrogens (primary N) is 6. The molecule has 1 heterocycles. The van der Waals surface area contributed by atoms with E-state index in [0.717, 1.165) is 29.2 Å². The number of carbonyl (C=O) groups is 9. The van der Waals surface area contributed by atoms with E-state index in [1.54, 1.807) is 0 Å². The van der Waals surface area contributed by atoms with E-state index < -0.39 is 139 Å². The van der Waals surface area contributed by atoms with Crippen molar-refractivity contribution in [2.45, 2.75) is 139 Å². The van der Waals surface area contributed by atoms with E-state index >= 15 is 0 Å². The lowest BCUT2D eigenvalue weighted by Gasteiger charge is -2.30. The van der Waals surface area contributed by atoms with Gasteiger partial charge < -0.3 is 92.0 Å². The third-order valence-corrected chi connectivity index (χ3v) is 12.1. The van der Waals surface area contributed by atoms with E-state index in [2.05, 4.69) is 42.5 Å².